The Morgan fingerprint density at radius 3 is 2.41 bits per heavy atom. The molecule has 0 unspecified atom stereocenters. The van der Waals surface area contributed by atoms with E-state index in [4.69, 9.17) is 15.1 Å². The number of anilines is 2. The van der Waals surface area contributed by atoms with Gasteiger partial charge in [0.25, 0.3) is 5.78 Å². The summed E-state index contributed by atoms with van der Waals surface area (Å²) in [6.07, 6.45) is 11.5. The van der Waals surface area contributed by atoms with Gasteiger partial charge in [0.05, 0.1) is 6.26 Å². The van der Waals surface area contributed by atoms with Gasteiger partial charge in [0, 0.05) is 76.6 Å². The fourth-order valence-electron chi connectivity index (χ4n) is 6.08. The van der Waals surface area contributed by atoms with Gasteiger partial charge in [-0.05, 0) is 54.2 Å². The Hall–Kier alpha value is -4.42. The van der Waals surface area contributed by atoms with Crippen molar-refractivity contribution in [1.82, 2.24) is 44.3 Å². The molecule has 0 aliphatic carbocycles. The summed E-state index contributed by atoms with van der Waals surface area (Å²) < 4.78 is 6.90. The van der Waals surface area contributed by atoms with Crippen LogP contribution in [-0.4, -0.2) is 83.1 Å². The maximum Gasteiger partial charge on any atom is 0.259 e. The Bertz CT molecular complexity index is 1530. The van der Waals surface area contributed by atoms with E-state index in [0.29, 0.717) is 35.3 Å². The molecule has 5 aromatic heterocycles. The predicted octanol–water partition coefficient (Wildman–Crippen LogP) is 2.75. The molecule has 2 N–H and O–H groups in total. The van der Waals surface area contributed by atoms with Crippen LogP contribution in [0.25, 0.3) is 17.4 Å². The van der Waals surface area contributed by atoms with E-state index in [1.165, 1.54) is 22.1 Å². The lowest BCUT2D eigenvalue weighted by Crippen LogP contribution is -2.57. The molecule has 7 rings (SSSR count). The minimum Gasteiger partial charge on any atom is -0.461 e. The third kappa shape index (κ3) is 5.61. The summed E-state index contributed by atoms with van der Waals surface area (Å²) in [4.78, 5) is 29.9. The fraction of sp³-hybridized carbons (Fsp3) is 0.379. The zero-order valence-corrected chi connectivity index (χ0v) is 22.8. The van der Waals surface area contributed by atoms with Gasteiger partial charge in [-0.1, -0.05) is 12.1 Å². The van der Waals surface area contributed by atoms with Gasteiger partial charge in [0.15, 0.2) is 5.76 Å². The van der Waals surface area contributed by atoms with Crippen LogP contribution < -0.4 is 10.6 Å². The number of fused-ring (bicyclic) bond motifs is 2. The van der Waals surface area contributed by atoms with Gasteiger partial charge in [0.1, 0.15) is 0 Å². The smallest absolute Gasteiger partial charge is 0.259 e. The van der Waals surface area contributed by atoms with Crippen LogP contribution in [-0.2, 0) is 13.1 Å². The summed E-state index contributed by atoms with van der Waals surface area (Å²) in [5.41, 5.74) is 8.74. The van der Waals surface area contributed by atoms with E-state index in [0.717, 1.165) is 52.2 Å². The number of piperidine rings is 1. The zero-order chi connectivity index (χ0) is 27.6. The number of hydrogen-bond acceptors (Lipinski definition) is 11. The van der Waals surface area contributed by atoms with Crippen LogP contribution in [0.1, 0.15) is 24.0 Å². The van der Waals surface area contributed by atoms with E-state index >= 15 is 0 Å². The molecule has 210 valence electrons. The van der Waals surface area contributed by atoms with E-state index in [-0.39, 0.29) is 5.95 Å². The Morgan fingerprint density at radius 1 is 0.902 bits per heavy atom. The van der Waals surface area contributed by atoms with Crippen LogP contribution in [0.15, 0.2) is 71.9 Å². The van der Waals surface area contributed by atoms with Crippen LogP contribution in [0.3, 0.4) is 0 Å². The van der Waals surface area contributed by atoms with E-state index in [9.17, 15) is 0 Å². The lowest BCUT2D eigenvalue weighted by molar-refractivity contribution is 0.0722. The monoisotopic (exact) mass is 551 g/mol. The number of rotatable bonds is 8. The number of piperazine rings is 1. The quantitative estimate of drug-likeness (QED) is 0.305. The molecule has 0 amide bonds. The van der Waals surface area contributed by atoms with E-state index in [1.807, 2.05) is 43.0 Å². The number of pyridine rings is 2. The molecule has 12 nitrogen and oxygen atoms in total. The first kappa shape index (κ1) is 25.5. The molecule has 0 spiro atoms. The number of nitrogens with zero attached hydrogens (tertiary/aromatic N) is 10. The molecular formula is C29H33N11O. The number of furan rings is 1. The molecule has 5 aromatic rings. The third-order valence-electron chi connectivity index (χ3n) is 8.03. The average molecular weight is 552 g/mol. The summed E-state index contributed by atoms with van der Waals surface area (Å²) >= 11 is 0. The first-order chi connectivity index (χ1) is 20.2. The highest BCUT2D eigenvalue weighted by Crippen LogP contribution is 2.28. The van der Waals surface area contributed by atoms with Crippen LogP contribution in [0.5, 0.6) is 0 Å². The van der Waals surface area contributed by atoms with Gasteiger partial charge in [0.2, 0.25) is 17.7 Å². The van der Waals surface area contributed by atoms with E-state index < -0.39 is 0 Å². The largest absolute Gasteiger partial charge is 0.461 e. The molecule has 0 saturated carbocycles. The summed E-state index contributed by atoms with van der Waals surface area (Å²) in [5, 5.41) is 4.42. The number of nitrogens with two attached hydrogens (primary N) is 1. The number of aromatic nitrogens is 7. The normalized spacial score (nSPS) is 19.6. The molecule has 2 aliphatic rings. The summed E-state index contributed by atoms with van der Waals surface area (Å²) in [5.74, 6) is 2.91. The molecule has 0 bridgehead atoms. The van der Waals surface area contributed by atoms with Crippen molar-refractivity contribution in [2.45, 2.75) is 32.0 Å². The summed E-state index contributed by atoms with van der Waals surface area (Å²) in [6, 6.07) is 12.4. The maximum absolute atomic E-state index is 6.27. The number of nitrogen functional groups attached to an aromatic ring is 1. The Morgan fingerprint density at radius 2 is 1.71 bits per heavy atom. The molecule has 7 heterocycles. The molecule has 2 fully saturated rings. The van der Waals surface area contributed by atoms with Crippen molar-refractivity contribution in [3.05, 3.63) is 78.6 Å². The summed E-state index contributed by atoms with van der Waals surface area (Å²) in [7, 11) is 0. The van der Waals surface area contributed by atoms with Crippen LogP contribution >= 0.6 is 0 Å². The second-order valence-corrected chi connectivity index (χ2v) is 10.9. The summed E-state index contributed by atoms with van der Waals surface area (Å²) in [6.45, 7) is 6.56. The first-order valence-corrected chi connectivity index (χ1v) is 14.1. The Kier molecular flexibility index (Phi) is 6.99. The van der Waals surface area contributed by atoms with Gasteiger partial charge in [-0.3, -0.25) is 19.8 Å². The molecule has 0 aromatic carbocycles. The molecule has 2 saturated heterocycles. The first-order valence-electron chi connectivity index (χ1n) is 14.1. The molecule has 12 heteroatoms. The van der Waals surface area contributed by atoms with E-state index in [2.05, 4.69) is 51.9 Å². The molecule has 0 radical (unpaired) electrons. The van der Waals surface area contributed by atoms with Crippen molar-refractivity contribution in [1.29, 1.82) is 0 Å². The van der Waals surface area contributed by atoms with Crippen LogP contribution in [0.2, 0.25) is 0 Å². The van der Waals surface area contributed by atoms with E-state index in [1.54, 1.807) is 12.3 Å². The predicted molar refractivity (Wildman–Crippen MR) is 154 cm³/mol. The van der Waals surface area contributed by atoms with Gasteiger partial charge in [-0.25, -0.2) is 0 Å². The lowest BCUT2D eigenvalue weighted by atomic mass is 9.90. The second-order valence-electron chi connectivity index (χ2n) is 10.9. The SMILES string of the molecule is Nc1nc(N2CCN3C[C@H](CN(Cc4cccnc4)Cc4cccnc4)CC[C@H]3C2)nc2nc(-c3ccco3)nn12. The molecular weight excluding hydrogens is 518 g/mol. The van der Waals surface area contributed by atoms with Gasteiger partial charge >= 0.3 is 0 Å². The molecule has 2 aliphatic heterocycles. The number of hydrogen-bond donors (Lipinski definition) is 1. The van der Waals surface area contributed by atoms with Gasteiger partial charge in [-0.2, -0.15) is 19.5 Å². The van der Waals surface area contributed by atoms with Gasteiger partial charge < -0.3 is 15.1 Å². The van der Waals surface area contributed by atoms with Crippen molar-refractivity contribution < 1.29 is 4.42 Å². The van der Waals surface area contributed by atoms with Crippen molar-refractivity contribution in [3.63, 3.8) is 0 Å². The molecule has 2 atom stereocenters. The zero-order valence-electron chi connectivity index (χ0n) is 22.8. The van der Waals surface area contributed by atoms with Crippen molar-refractivity contribution in [2.75, 3.05) is 43.4 Å². The van der Waals surface area contributed by atoms with Crippen molar-refractivity contribution >= 4 is 17.7 Å². The Labute approximate surface area is 237 Å². The lowest BCUT2D eigenvalue weighted by Gasteiger charge is -2.47. The Balaban J connectivity index is 1.01. The van der Waals surface area contributed by atoms with Gasteiger partial charge in [-0.15, -0.1) is 5.10 Å². The van der Waals surface area contributed by atoms with Crippen molar-refractivity contribution in [2.24, 2.45) is 5.92 Å². The van der Waals surface area contributed by atoms with Crippen LogP contribution in [0.4, 0.5) is 11.9 Å². The molecule has 41 heavy (non-hydrogen) atoms. The highest BCUT2D eigenvalue weighted by atomic mass is 16.3. The minimum atomic E-state index is 0.267. The van der Waals surface area contributed by atoms with Crippen molar-refractivity contribution in [3.8, 4) is 11.6 Å². The minimum absolute atomic E-state index is 0.267. The standard InChI is InChI=1S/C29H33N11O/c30-27-34-28(35-29-33-26(36-40(27)29)25-6-3-13-41-25)39-12-11-38-19-23(7-8-24(38)20-39)18-37(16-21-4-1-9-31-14-21)17-22-5-2-10-32-15-22/h1-6,9-10,13-15,23-24H,7-8,11-12,16-20H2,(H2,30,33,34,35,36)/t23-,24-/m0/s1. The third-order valence-corrected chi connectivity index (χ3v) is 8.03. The average Bonchev–Trinajstić information content (AvgIpc) is 3.69. The fourth-order valence-corrected chi connectivity index (χ4v) is 6.08. The highest BCUT2D eigenvalue weighted by molar-refractivity contribution is 5.53. The highest BCUT2D eigenvalue weighted by Gasteiger charge is 2.34. The maximum atomic E-state index is 6.27. The second kappa shape index (κ2) is 11.2. The van der Waals surface area contributed by atoms with Crippen LogP contribution in [0, 0.1) is 5.92 Å². The topological polar surface area (TPSA) is 131 Å².